The van der Waals surface area contributed by atoms with Crippen molar-refractivity contribution in [2.75, 3.05) is 23.7 Å². The van der Waals surface area contributed by atoms with Gasteiger partial charge in [0.2, 0.25) is 15.9 Å². The van der Waals surface area contributed by atoms with Crippen molar-refractivity contribution in [1.82, 2.24) is 5.32 Å². The minimum absolute atomic E-state index is 0.279. The van der Waals surface area contributed by atoms with Crippen LogP contribution in [0.15, 0.2) is 36.4 Å². The molecule has 0 bridgehead atoms. The third-order valence-corrected chi connectivity index (χ3v) is 5.79. The molecule has 158 valence electrons. The van der Waals surface area contributed by atoms with Crippen molar-refractivity contribution in [3.63, 3.8) is 0 Å². The zero-order valence-corrected chi connectivity index (χ0v) is 18.8. The van der Waals surface area contributed by atoms with Gasteiger partial charge in [-0.25, -0.2) is 8.42 Å². The molecule has 0 aromatic heterocycles. The van der Waals surface area contributed by atoms with Crippen LogP contribution in [-0.2, 0) is 14.8 Å². The van der Waals surface area contributed by atoms with Crippen molar-refractivity contribution in [1.29, 1.82) is 0 Å². The summed E-state index contributed by atoms with van der Waals surface area (Å²) >= 11 is 0. The Bertz CT molecular complexity index is 966. The van der Waals surface area contributed by atoms with Gasteiger partial charge >= 0.3 is 0 Å². The molecule has 1 atom stereocenters. The van der Waals surface area contributed by atoms with Crippen LogP contribution in [0.3, 0.4) is 0 Å². The van der Waals surface area contributed by atoms with Crippen LogP contribution < -0.4 is 14.4 Å². The van der Waals surface area contributed by atoms with Crippen molar-refractivity contribution in [2.45, 2.75) is 40.7 Å². The Balaban J connectivity index is 2.05. The Kier molecular flexibility index (Phi) is 7.30. The average Bonchev–Trinajstić information content (AvgIpc) is 2.59. The highest BCUT2D eigenvalue weighted by molar-refractivity contribution is 7.92. The highest BCUT2D eigenvalue weighted by Gasteiger charge is 2.29. The maximum atomic E-state index is 12.6. The van der Waals surface area contributed by atoms with Crippen LogP contribution in [0.1, 0.15) is 29.2 Å². The van der Waals surface area contributed by atoms with Gasteiger partial charge in [0.25, 0.3) is 0 Å². The molecule has 2 aromatic rings. The van der Waals surface area contributed by atoms with Crippen LogP contribution >= 0.6 is 0 Å². The topological polar surface area (TPSA) is 75.7 Å². The lowest BCUT2D eigenvalue weighted by Crippen LogP contribution is -2.48. The van der Waals surface area contributed by atoms with E-state index in [-0.39, 0.29) is 12.5 Å². The molecule has 0 aliphatic carbocycles. The number of carbonyl (C=O) groups is 1. The predicted octanol–water partition coefficient (Wildman–Crippen LogP) is 3.27. The number of nitrogens with zero attached hydrogens (tertiary/aromatic N) is 1. The van der Waals surface area contributed by atoms with E-state index in [9.17, 15) is 13.2 Å². The number of benzene rings is 2. The van der Waals surface area contributed by atoms with Gasteiger partial charge in [-0.2, -0.15) is 0 Å². The second-order valence-corrected chi connectivity index (χ2v) is 9.35. The summed E-state index contributed by atoms with van der Waals surface area (Å²) in [5.74, 6) is 0.402. The minimum atomic E-state index is -3.64. The van der Waals surface area contributed by atoms with Crippen molar-refractivity contribution in [3.8, 4) is 5.75 Å². The average molecular weight is 419 g/mol. The van der Waals surface area contributed by atoms with Crippen LogP contribution in [0, 0.1) is 27.7 Å². The second-order valence-electron chi connectivity index (χ2n) is 7.49. The molecule has 0 unspecified atom stereocenters. The number of ether oxygens (including phenoxy) is 1. The number of anilines is 1. The number of aryl methyl sites for hydroxylation is 4. The lowest BCUT2D eigenvalue weighted by molar-refractivity contribution is -0.121. The molecule has 0 saturated carbocycles. The molecule has 0 spiro atoms. The maximum Gasteiger partial charge on any atom is 0.243 e. The molecule has 7 heteroatoms. The molecule has 0 fully saturated rings. The summed E-state index contributed by atoms with van der Waals surface area (Å²) in [6.45, 7) is 9.90. The van der Waals surface area contributed by atoms with Crippen LogP contribution in [0.25, 0.3) is 0 Å². The van der Waals surface area contributed by atoms with Gasteiger partial charge in [0, 0.05) is 0 Å². The monoisotopic (exact) mass is 418 g/mol. The number of hydrogen-bond donors (Lipinski definition) is 1. The van der Waals surface area contributed by atoms with Gasteiger partial charge in [0.05, 0.1) is 18.5 Å². The van der Waals surface area contributed by atoms with E-state index in [0.717, 1.165) is 38.6 Å². The Labute approximate surface area is 173 Å². The number of amides is 1. The van der Waals surface area contributed by atoms with Crippen molar-refractivity contribution in [2.24, 2.45) is 0 Å². The van der Waals surface area contributed by atoms with Crippen molar-refractivity contribution >= 4 is 21.6 Å². The fourth-order valence-electron chi connectivity index (χ4n) is 3.23. The minimum Gasteiger partial charge on any atom is -0.491 e. The van der Waals surface area contributed by atoms with E-state index in [4.69, 9.17) is 4.74 Å². The van der Waals surface area contributed by atoms with Crippen LogP contribution in [0.2, 0.25) is 0 Å². The molecule has 0 heterocycles. The zero-order chi connectivity index (χ0) is 21.8. The van der Waals surface area contributed by atoms with E-state index >= 15 is 0 Å². The lowest BCUT2D eigenvalue weighted by Gasteiger charge is -2.28. The molecule has 2 aromatic carbocycles. The summed E-state index contributed by atoms with van der Waals surface area (Å²) in [5.41, 5.74) is 4.47. The van der Waals surface area contributed by atoms with Gasteiger partial charge in [0.15, 0.2) is 0 Å². The van der Waals surface area contributed by atoms with Gasteiger partial charge in [-0.05, 0) is 75.1 Å². The molecule has 29 heavy (non-hydrogen) atoms. The summed E-state index contributed by atoms with van der Waals surface area (Å²) in [7, 11) is -3.64. The molecule has 0 radical (unpaired) electrons. The summed E-state index contributed by atoms with van der Waals surface area (Å²) in [4.78, 5) is 12.6. The molecule has 1 amide bonds. The standard InChI is InChI=1S/C22H30N2O4S/c1-15-7-8-18(4)21(14-15)28-10-9-23-22(25)19(5)24(29(6,26)27)20-12-16(2)11-17(3)13-20/h7-8,11-14,19H,9-10H2,1-6H3,(H,23,25)/t19-/m1/s1. The fourth-order valence-corrected chi connectivity index (χ4v) is 4.39. The van der Waals surface area contributed by atoms with E-state index < -0.39 is 16.1 Å². The van der Waals surface area contributed by atoms with Crippen molar-refractivity contribution < 1.29 is 17.9 Å². The number of sulfonamides is 1. The molecular weight excluding hydrogens is 388 g/mol. The summed E-state index contributed by atoms with van der Waals surface area (Å²) in [5, 5.41) is 2.77. The summed E-state index contributed by atoms with van der Waals surface area (Å²) in [6.07, 6.45) is 1.11. The Hall–Kier alpha value is -2.54. The highest BCUT2D eigenvalue weighted by Crippen LogP contribution is 2.24. The van der Waals surface area contributed by atoms with Crippen LogP contribution in [0.4, 0.5) is 5.69 Å². The smallest absolute Gasteiger partial charge is 0.243 e. The third kappa shape index (κ3) is 6.22. The maximum absolute atomic E-state index is 12.6. The second kappa shape index (κ2) is 9.31. The van der Waals surface area contributed by atoms with E-state index in [2.05, 4.69) is 5.32 Å². The van der Waals surface area contributed by atoms with Crippen molar-refractivity contribution in [3.05, 3.63) is 58.7 Å². The Morgan fingerprint density at radius 2 is 1.66 bits per heavy atom. The fraction of sp³-hybridized carbons (Fsp3) is 0.409. The summed E-state index contributed by atoms with van der Waals surface area (Å²) in [6, 6.07) is 10.6. The van der Waals surface area contributed by atoms with Gasteiger partial charge in [-0.3, -0.25) is 9.10 Å². The molecule has 0 aliphatic heterocycles. The van der Waals surface area contributed by atoms with Gasteiger partial charge < -0.3 is 10.1 Å². The molecule has 0 aliphatic rings. The predicted molar refractivity (Wildman–Crippen MR) is 117 cm³/mol. The quantitative estimate of drug-likeness (QED) is 0.668. The Morgan fingerprint density at radius 1 is 1.03 bits per heavy atom. The molecule has 0 saturated heterocycles. The van der Waals surface area contributed by atoms with Gasteiger partial charge in [0.1, 0.15) is 18.4 Å². The first-order chi connectivity index (χ1) is 13.5. The normalized spacial score (nSPS) is 12.3. The lowest BCUT2D eigenvalue weighted by atomic mass is 10.1. The molecule has 6 nitrogen and oxygen atoms in total. The zero-order valence-electron chi connectivity index (χ0n) is 17.9. The van der Waals surface area contributed by atoms with Gasteiger partial charge in [-0.15, -0.1) is 0 Å². The SMILES string of the molecule is Cc1cc(C)cc(N([C@H](C)C(=O)NCCOc2cc(C)ccc2C)S(C)(=O)=O)c1. The molecular formula is C22H30N2O4S. The first-order valence-corrected chi connectivity index (χ1v) is 11.4. The largest absolute Gasteiger partial charge is 0.491 e. The number of hydrogen-bond acceptors (Lipinski definition) is 4. The third-order valence-electron chi connectivity index (χ3n) is 4.55. The van der Waals surface area contributed by atoms with E-state index in [1.807, 2.05) is 52.0 Å². The van der Waals surface area contributed by atoms with E-state index in [0.29, 0.717) is 12.3 Å². The van der Waals surface area contributed by atoms with Gasteiger partial charge in [-0.1, -0.05) is 18.2 Å². The molecule has 1 N–H and O–H groups in total. The number of carbonyl (C=O) groups excluding carboxylic acids is 1. The highest BCUT2D eigenvalue weighted by atomic mass is 32.2. The first kappa shape index (κ1) is 22.7. The first-order valence-electron chi connectivity index (χ1n) is 9.54. The van der Waals surface area contributed by atoms with Crippen LogP contribution in [-0.4, -0.2) is 39.8 Å². The number of rotatable bonds is 8. The van der Waals surface area contributed by atoms with E-state index in [1.165, 1.54) is 0 Å². The van der Waals surface area contributed by atoms with E-state index in [1.54, 1.807) is 19.1 Å². The Morgan fingerprint density at radius 3 is 2.24 bits per heavy atom. The molecule has 2 rings (SSSR count). The number of nitrogens with one attached hydrogen (secondary N) is 1. The van der Waals surface area contributed by atoms with Crippen LogP contribution in [0.5, 0.6) is 5.75 Å². The summed E-state index contributed by atoms with van der Waals surface area (Å²) < 4.78 is 31.7.